The van der Waals surface area contributed by atoms with E-state index < -0.39 is 31.8 Å². The predicted molar refractivity (Wildman–Crippen MR) is 115 cm³/mol. The lowest BCUT2D eigenvalue weighted by molar-refractivity contribution is -0.116. The van der Waals surface area contributed by atoms with Crippen LogP contribution >= 0.6 is 0 Å². The molecule has 1 aromatic carbocycles. The molecule has 9 nitrogen and oxygen atoms in total. The second-order valence-electron chi connectivity index (χ2n) is 7.94. The first-order chi connectivity index (χ1) is 15.2. The SMILES string of the molecule is O=C(Cn1cc(S(=O)(=O)N2CCCC2)c(S(=O)(=O)N2CCCC2)c1)Nc1cccc(F)c1. The lowest BCUT2D eigenvalue weighted by Crippen LogP contribution is -2.32. The molecule has 1 aromatic heterocycles. The molecule has 32 heavy (non-hydrogen) atoms. The van der Waals surface area contributed by atoms with Crippen LogP contribution in [-0.2, 0) is 31.4 Å². The van der Waals surface area contributed by atoms with Crippen molar-refractivity contribution in [2.75, 3.05) is 31.5 Å². The predicted octanol–water partition coefficient (Wildman–Crippen LogP) is 1.83. The van der Waals surface area contributed by atoms with Gasteiger partial charge in [-0.15, -0.1) is 0 Å². The van der Waals surface area contributed by atoms with Gasteiger partial charge in [0.2, 0.25) is 26.0 Å². The molecule has 4 rings (SSSR count). The smallest absolute Gasteiger partial charge is 0.245 e. The minimum atomic E-state index is -4.04. The number of rotatable bonds is 7. The summed E-state index contributed by atoms with van der Waals surface area (Å²) in [5, 5.41) is 2.53. The molecule has 0 spiro atoms. The summed E-state index contributed by atoms with van der Waals surface area (Å²) in [4.78, 5) is 11.8. The molecule has 2 fully saturated rings. The first-order valence-corrected chi connectivity index (χ1v) is 13.3. The number of hydrogen-bond donors (Lipinski definition) is 1. The minimum Gasteiger partial charge on any atom is -0.342 e. The number of aromatic nitrogens is 1. The third kappa shape index (κ3) is 4.58. The zero-order valence-corrected chi connectivity index (χ0v) is 19.0. The Morgan fingerprint density at radius 2 is 1.38 bits per heavy atom. The van der Waals surface area contributed by atoms with E-state index in [0.29, 0.717) is 51.9 Å². The topological polar surface area (TPSA) is 109 Å². The monoisotopic (exact) mass is 484 g/mol. The Hall–Kier alpha value is -2.28. The second kappa shape index (κ2) is 8.93. The molecule has 12 heteroatoms. The third-order valence-electron chi connectivity index (χ3n) is 5.61. The van der Waals surface area contributed by atoms with Gasteiger partial charge in [0.15, 0.2) is 0 Å². The van der Waals surface area contributed by atoms with Gasteiger partial charge in [0.25, 0.3) is 0 Å². The quantitative estimate of drug-likeness (QED) is 0.645. The van der Waals surface area contributed by atoms with Crippen LogP contribution in [-0.4, -0.2) is 62.1 Å². The van der Waals surface area contributed by atoms with Crippen molar-refractivity contribution in [1.29, 1.82) is 0 Å². The maximum atomic E-state index is 13.4. The number of nitrogens with zero attached hydrogens (tertiary/aromatic N) is 3. The molecule has 0 bridgehead atoms. The maximum Gasteiger partial charge on any atom is 0.245 e. The highest BCUT2D eigenvalue weighted by atomic mass is 32.2. The van der Waals surface area contributed by atoms with E-state index in [1.807, 2.05) is 0 Å². The van der Waals surface area contributed by atoms with Crippen LogP contribution in [0.25, 0.3) is 0 Å². The van der Waals surface area contributed by atoms with Crippen molar-refractivity contribution in [3.63, 3.8) is 0 Å². The summed E-state index contributed by atoms with van der Waals surface area (Å²) in [6.07, 6.45) is 5.24. The van der Waals surface area contributed by atoms with Crippen molar-refractivity contribution in [2.24, 2.45) is 0 Å². The van der Waals surface area contributed by atoms with E-state index in [-0.39, 0.29) is 22.0 Å². The highest BCUT2D eigenvalue weighted by Crippen LogP contribution is 2.31. The Morgan fingerprint density at radius 1 is 0.875 bits per heavy atom. The molecule has 0 unspecified atom stereocenters. The van der Waals surface area contributed by atoms with E-state index in [1.54, 1.807) is 0 Å². The van der Waals surface area contributed by atoms with Crippen molar-refractivity contribution in [3.8, 4) is 0 Å². The fourth-order valence-electron chi connectivity index (χ4n) is 4.01. The van der Waals surface area contributed by atoms with Gasteiger partial charge in [0.05, 0.1) is 0 Å². The summed E-state index contributed by atoms with van der Waals surface area (Å²) in [6, 6.07) is 5.36. The van der Waals surface area contributed by atoms with E-state index in [1.165, 1.54) is 43.8 Å². The van der Waals surface area contributed by atoms with Crippen LogP contribution in [0.1, 0.15) is 25.7 Å². The van der Waals surface area contributed by atoms with Gasteiger partial charge in [0.1, 0.15) is 22.2 Å². The summed E-state index contributed by atoms with van der Waals surface area (Å²) >= 11 is 0. The number of sulfonamides is 2. The van der Waals surface area contributed by atoms with Crippen molar-refractivity contribution < 1.29 is 26.0 Å². The van der Waals surface area contributed by atoms with Gasteiger partial charge in [-0.1, -0.05) is 6.07 Å². The highest BCUT2D eigenvalue weighted by molar-refractivity contribution is 7.92. The average Bonchev–Trinajstić information content (AvgIpc) is 3.48. The van der Waals surface area contributed by atoms with Crippen LogP contribution in [0.5, 0.6) is 0 Å². The van der Waals surface area contributed by atoms with Crippen molar-refractivity contribution in [2.45, 2.75) is 42.0 Å². The van der Waals surface area contributed by atoms with Crippen LogP contribution in [0.2, 0.25) is 0 Å². The third-order valence-corrected chi connectivity index (χ3v) is 9.59. The lowest BCUT2D eigenvalue weighted by atomic mass is 10.3. The molecule has 2 aliphatic heterocycles. The zero-order valence-electron chi connectivity index (χ0n) is 17.4. The van der Waals surface area contributed by atoms with Gasteiger partial charge >= 0.3 is 0 Å². The molecule has 0 aliphatic carbocycles. The van der Waals surface area contributed by atoms with Crippen LogP contribution in [0.15, 0.2) is 46.5 Å². The van der Waals surface area contributed by atoms with Gasteiger partial charge in [0, 0.05) is 44.3 Å². The van der Waals surface area contributed by atoms with Crippen LogP contribution in [0.4, 0.5) is 10.1 Å². The number of carbonyl (C=O) groups excluding carboxylic acids is 1. The number of benzene rings is 1. The molecule has 2 aliphatic rings. The van der Waals surface area contributed by atoms with Crippen LogP contribution in [0, 0.1) is 5.82 Å². The molecular formula is C20H25FN4O5S2. The number of halogens is 1. The van der Waals surface area contributed by atoms with Gasteiger partial charge in [-0.3, -0.25) is 4.79 Å². The fourth-order valence-corrected chi connectivity index (χ4v) is 7.83. The molecular weight excluding hydrogens is 459 g/mol. The summed E-state index contributed by atoms with van der Waals surface area (Å²) in [5.74, 6) is -1.05. The van der Waals surface area contributed by atoms with Crippen molar-refractivity contribution >= 4 is 31.6 Å². The Kier molecular flexibility index (Phi) is 6.39. The molecule has 1 N–H and O–H groups in total. The number of hydrogen-bond acceptors (Lipinski definition) is 5. The van der Waals surface area contributed by atoms with E-state index in [2.05, 4.69) is 5.32 Å². The molecule has 174 valence electrons. The van der Waals surface area contributed by atoms with Gasteiger partial charge < -0.3 is 9.88 Å². The number of nitrogens with one attached hydrogen (secondary N) is 1. The number of carbonyl (C=O) groups is 1. The van der Waals surface area contributed by atoms with Crippen LogP contribution in [0.3, 0.4) is 0 Å². The Labute approximate surface area is 186 Å². The Bertz CT molecular complexity index is 1150. The number of anilines is 1. The fraction of sp³-hybridized carbons (Fsp3) is 0.450. The minimum absolute atomic E-state index is 0.247. The number of amides is 1. The molecule has 0 radical (unpaired) electrons. The Balaban J connectivity index is 1.66. The maximum absolute atomic E-state index is 13.4. The first-order valence-electron chi connectivity index (χ1n) is 10.4. The van der Waals surface area contributed by atoms with Gasteiger partial charge in [-0.2, -0.15) is 8.61 Å². The van der Waals surface area contributed by atoms with E-state index in [0.717, 1.165) is 6.07 Å². The summed E-state index contributed by atoms with van der Waals surface area (Å²) in [5.41, 5.74) is 0.247. The molecule has 2 saturated heterocycles. The lowest BCUT2D eigenvalue weighted by Gasteiger charge is -2.18. The Morgan fingerprint density at radius 3 is 1.84 bits per heavy atom. The molecule has 2 aromatic rings. The van der Waals surface area contributed by atoms with Crippen molar-refractivity contribution in [3.05, 3.63) is 42.5 Å². The zero-order chi connectivity index (χ0) is 22.9. The molecule has 0 atom stereocenters. The molecule has 3 heterocycles. The summed E-state index contributed by atoms with van der Waals surface area (Å²) in [7, 11) is -8.07. The normalized spacial score (nSPS) is 18.3. The average molecular weight is 485 g/mol. The first kappa shape index (κ1) is 22.9. The second-order valence-corrected chi connectivity index (χ2v) is 11.8. The molecule has 0 saturated carbocycles. The van der Waals surface area contributed by atoms with E-state index >= 15 is 0 Å². The van der Waals surface area contributed by atoms with Crippen molar-refractivity contribution in [1.82, 2.24) is 13.2 Å². The van der Waals surface area contributed by atoms with E-state index in [9.17, 15) is 26.0 Å². The van der Waals surface area contributed by atoms with Gasteiger partial charge in [-0.25, -0.2) is 21.2 Å². The van der Waals surface area contributed by atoms with E-state index in [4.69, 9.17) is 0 Å². The molecule has 1 amide bonds. The summed E-state index contributed by atoms with van der Waals surface area (Å²) in [6.45, 7) is 0.996. The summed E-state index contributed by atoms with van der Waals surface area (Å²) < 4.78 is 70.1. The largest absolute Gasteiger partial charge is 0.342 e. The van der Waals surface area contributed by atoms with Crippen LogP contribution < -0.4 is 5.32 Å². The standard InChI is InChI=1S/C20H25FN4O5S2/c21-16-6-5-7-17(12-16)22-20(26)15-23-13-18(31(27,28)24-8-1-2-9-24)19(14-23)32(29,30)25-10-3-4-11-25/h5-7,12-14H,1-4,8-11,15H2,(H,22,26). The van der Waals surface area contributed by atoms with Gasteiger partial charge in [-0.05, 0) is 43.9 Å². The highest BCUT2D eigenvalue weighted by Gasteiger charge is 2.38.